The lowest BCUT2D eigenvalue weighted by Gasteiger charge is -2.10. The van der Waals surface area contributed by atoms with Crippen molar-refractivity contribution in [2.45, 2.75) is 11.4 Å². The molecule has 0 spiro atoms. The highest BCUT2D eigenvalue weighted by Crippen LogP contribution is 2.24. The summed E-state index contributed by atoms with van der Waals surface area (Å²) in [5.41, 5.74) is 1.94. The largest absolute Gasteiger partial charge is 0.338 e. The maximum Gasteiger partial charge on any atom is 0.244 e. The van der Waals surface area contributed by atoms with E-state index in [-0.39, 0.29) is 5.91 Å². The van der Waals surface area contributed by atoms with E-state index in [2.05, 4.69) is 5.32 Å². The fourth-order valence-corrected chi connectivity index (χ4v) is 2.92. The Balaban J connectivity index is 1.77. The average molecular weight is 296 g/mol. The van der Waals surface area contributed by atoms with Gasteiger partial charge in [0.2, 0.25) is 5.91 Å². The summed E-state index contributed by atoms with van der Waals surface area (Å²) >= 11 is 1.63. The molecule has 0 fully saturated rings. The van der Waals surface area contributed by atoms with Gasteiger partial charge in [-0.1, -0.05) is 30.3 Å². The van der Waals surface area contributed by atoms with Crippen LogP contribution in [0.1, 0.15) is 0 Å². The Kier molecular flexibility index (Phi) is 3.97. The molecule has 1 N–H and O–H groups in total. The zero-order chi connectivity index (χ0) is 14.7. The molecule has 1 amide bonds. The molecule has 0 aliphatic carbocycles. The molecule has 3 aromatic rings. The Hall–Kier alpha value is -2.20. The number of thioether (sulfide) groups is 1. The van der Waals surface area contributed by atoms with E-state index in [1.54, 1.807) is 11.8 Å². The summed E-state index contributed by atoms with van der Waals surface area (Å²) in [6.07, 6.45) is 3.95. The van der Waals surface area contributed by atoms with Gasteiger partial charge in [0.1, 0.15) is 6.54 Å². The smallest absolute Gasteiger partial charge is 0.244 e. The normalized spacial score (nSPS) is 10.7. The second-order valence-corrected chi connectivity index (χ2v) is 5.60. The van der Waals surface area contributed by atoms with Crippen LogP contribution in [-0.4, -0.2) is 16.7 Å². The molecule has 3 nitrogen and oxygen atoms in total. The number of para-hydroxylation sites is 2. The number of nitrogens with one attached hydrogen (secondary N) is 1. The number of hydrogen-bond acceptors (Lipinski definition) is 2. The molecule has 0 radical (unpaired) electrons. The molecule has 0 aliphatic rings. The van der Waals surface area contributed by atoms with Gasteiger partial charge in [-0.3, -0.25) is 4.79 Å². The third-order valence-corrected chi connectivity index (χ3v) is 4.17. The molecule has 0 bridgehead atoms. The first-order chi connectivity index (χ1) is 10.3. The van der Waals surface area contributed by atoms with Crippen LogP contribution in [0.25, 0.3) is 10.9 Å². The Labute approximate surface area is 128 Å². The molecular formula is C17H16N2OS. The lowest BCUT2D eigenvalue weighted by molar-refractivity contribution is -0.116. The number of anilines is 1. The maximum absolute atomic E-state index is 12.3. The van der Waals surface area contributed by atoms with Crippen LogP contribution in [-0.2, 0) is 11.3 Å². The second-order valence-electron chi connectivity index (χ2n) is 4.75. The van der Waals surface area contributed by atoms with Crippen molar-refractivity contribution in [2.24, 2.45) is 0 Å². The van der Waals surface area contributed by atoms with Crippen LogP contribution in [0.15, 0.2) is 65.7 Å². The van der Waals surface area contributed by atoms with Crippen LogP contribution >= 0.6 is 11.8 Å². The third kappa shape index (κ3) is 2.95. The topological polar surface area (TPSA) is 34.0 Å². The summed E-state index contributed by atoms with van der Waals surface area (Å²) in [6, 6.07) is 17.9. The highest BCUT2D eigenvalue weighted by atomic mass is 32.2. The molecule has 0 saturated carbocycles. The van der Waals surface area contributed by atoms with E-state index in [9.17, 15) is 4.79 Å². The van der Waals surface area contributed by atoms with Crippen molar-refractivity contribution in [1.29, 1.82) is 0 Å². The number of carbonyl (C=O) groups excluding carboxylic acids is 1. The van der Waals surface area contributed by atoms with E-state index in [1.165, 1.54) is 0 Å². The summed E-state index contributed by atoms with van der Waals surface area (Å²) in [5, 5.41) is 4.13. The quantitative estimate of drug-likeness (QED) is 0.738. The minimum absolute atomic E-state index is 0.0159. The minimum atomic E-state index is -0.0159. The first-order valence-electron chi connectivity index (χ1n) is 6.74. The van der Waals surface area contributed by atoms with Crippen LogP contribution in [0.3, 0.4) is 0 Å². The van der Waals surface area contributed by atoms with E-state index in [1.807, 2.05) is 71.6 Å². The Bertz CT molecular complexity index is 779. The van der Waals surface area contributed by atoms with Crippen LogP contribution < -0.4 is 5.32 Å². The summed E-state index contributed by atoms with van der Waals surface area (Å²) in [6.45, 7) is 0.316. The Morgan fingerprint density at radius 1 is 1.10 bits per heavy atom. The summed E-state index contributed by atoms with van der Waals surface area (Å²) < 4.78 is 1.96. The van der Waals surface area contributed by atoms with E-state index in [4.69, 9.17) is 0 Å². The lowest BCUT2D eigenvalue weighted by Crippen LogP contribution is -2.18. The zero-order valence-corrected chi connectivity index (χ0v) is 12.6. The first kappa shape index (κ1) is 13.8. The van der Waals surface area contributed by atoms with E-state index < -0.39 is 0 Å². The van der Waals surface area contributed by atoms with Gasteiger partial charge in [0.05, 0.1) is 5.69 Å². The van der Waals surface area contributed by atoms with Gasteiger partial charge in [-0.25, -0.2) is 0 Å². The molecular weight excluding hydrogens is 280 g/mol. The van der Waals surface area contributed by atoms with Crippen molar-refractivity contribution < 1.29 is 4.79 Å². The SMILES string of the molecule is CSc1ccccc1NC(=O)Cn1ccc2ccccc21. The van der Waals surface area contributed by atoms with E-state index in [0.29, 0.717) is 6.54 Å². The van der Waals surface area contributed by atoms with Gasteiger partial charge in [0.15, 0.2) is 0 Å². The van der Waals surface area contributed by atoms with Crippen molar-refractivity contribution in [1.82, 2.24) is 4.57 Å². The molecule has 4 heteroatoms. The average Bonchev–Trinajstić information content (AvgIpc) is 2.91. The molecule has 0 atom stereocenters. The van der Waals surface area contributed by atoms with Gasteiger partial charge in [-0.15, -0.1) is 11.8 Å². The van der Waals surface area contributed by atoms with Crippen LogP contribution in [0, 0.1) is 0 Å². The lowest BCUT2D eigenvalue weighted by atomic mass is 10.2. The van der Waals surface area contributed by atoms with Gasteiger partial charge >= 0.3 is 0 Å². The first-order valence-corrected chi connectivity index (χ1v) is 7.97. The van der Waals surface area contributed by atoms with Crippen molar-refractivity contribution in [2.75, 3.05) is 11.6 Å². The van der Waals surface area contributed by atoms with Gasteiger partial charge in [-0.05, 0) is 35.9 Å². The maximum atomic E-state index is 12.3. The van der Waals surface area contributed by atoms with Crippen LogP contribution in [0.2, 0.25) is 0 Å². The highest BCUT2D eigenvalue weighted by Gasteiger charge is 2.08. The second kappa shape index (κ2) is 6.06. The molecule has 1 heterocycles. The number of benzene rings is 2. The van der Waals surface area contributed by atoms with Crippen molar-refractivity contribution >= 4 is 34.3 Å². The third-order valence-electron chi connectivity index (χ3n) is 3.38. The molecule has 106 valence electrons. The molecule has 0 unspecified atom stereocenters. The Morgan fingerprint density at radius 2 is 1.86 bits per heavy atom. The molecule has 0 saturated heterocycles. The number of hydrogen-bond donors (Lipinski definition) is 1. The molecule has 1 aromatic heterocycles. The number of fused-ring (bicyclic) bond motifs is 1. The van der Waals surface area contributed by atoms with Crippen molar-refractivity contribution in [3.05, 3.63) is 60.8 Å². The molecule has 2 aromatic carbocycles. The summed E-state index contributed by atoms with van der Waals surface area (Å²) in [5.74, 6) is -0.0159. The van der Waals surface area contributed by atoms with Crippen LogP contribution in [0.5, 0.6) is 0 Å². The number of aromatic nitrogens is 1. The monoisotopic (exact) mass is 296 g/mol. The van der Waals surface area contributed by atoms with Gasteiger partial charge in [-0.2, -0.15) is 0 Å². The standard InChI is InChI=1S/C17H16N2OS/c1-21-16-9-5-3-7-14(16)18-17(20)12-19-11-10-13-6-2-4-8-15(13)19/h2-11H,12H2,1H3,(H,18,20). The minimum Gasteiger partial charge on any atom is -0.338 e. The van der Waals surface area contributed by atoms with Crippen molar-refractivity contribution in [3.63, 3.8) is 0 Å². The number of carbonyl (C=O) groups is 1. The number of rotatable bonds is 4. The van der Waals surface area contributed by atoms with Gasteiger partial charge in [0.25, 0.3) is 0 Å². The summed E-state index contributed by atoms with van der Waals surface area (Å²) in [7, 11) is 0. The predicted molar refractivity (Wildman–Crippen MR) is 88.8 cm³/mol. The summed E-state index contributed by atoms with van der Waals surface area (Å²) in [4.78, 5) is 13.3. The number of nitrogens with zero attached hydrogens (tertiary/aromatic N) is 1. The van der Waals surface area contributed by atoms with E-state index in [0.717, 1.165) is 21.5 Å². The molecule has 0 aliphatic heterocycles. The number of amides is 1. The van der Waals surface area contributed by atoms with Gasteiger partial charge in [0, 0.05) is 16.6 Å². The van der Waals surface area contributed by atoms with Crippen molar-refractivity contribution in [3.8, 4) is 0 Å². The van der Waals surface area contributed by atoms with E-state index >= 15 is 0 Å². The highest BCUT2D eigenvalue weighted by molar-refractivity contribution is 7.98. The molecule has 3 rings (SSSR count). The zero-order valence-electron chi connectivity index (χ0n) is 11.7. The fourth-order valence-electron chi connectivity index (χ4n) is 2.37. The molecule has 21 heavy (non-hydrogen) atoms. The fraction of sp³-hybridized carbons (Fsp3) is 0.118. The van der Waals surface area contributed by atoms with Crippen LogP contribution in [0.4, 0.5) is 5.69 Å². The predicted octanol–water partition coefficient (Wildman–Crippen LogP) is 4.00. The Morgan fingerprint density at radius 3 is 2.71 bits per heavy atom. The van der Waals surface area contributed by atoms with Gasteiger partial charge < -0.3 is 9.88 Å².